The maximum absolute atomic E-state index is 6.13. The Bertz CT molecular complexity index is 960. The van der Waals surface area contributed by atoms with E-state index in [1.807, 2.05) is 135 Å². The Morgan fingerprint density at radius 3 is 0.730 bits per heavy atom. The van der Waals surface area contributed by atoms with Crippen LogP contribution < -0.4 is 27.8 Å². The minimum Gasteiger partial charge on any atom is -0.488 e. The Hall–Kier alpha value is -3.11. The molecule has 7 heteroatoms. The zero-order valence-electron chi connectivity index (χ0n) is 23.3. The number of rotatable bonds is 9. The van der Waals surface area contributed by atoms with Gasteiger partial charge in [-0.1, -0.05) is 0 Å². The largest absolute Gasteiger partial charge is 0.530 e. The molecule has 37 heavy (non-hydrogen) atoms. The van der Waals surface area contributed by atoms with Gasteiger partial charge < -0.3 is 27.8 Å². The topological polar surface area (TPSA) is 55.4 Å². The molecule has 0 aliphatic heterocycles. The molecule has 3 aromatic carbocycles. The molecule has 6 nitrogen and oxygen atoms in total. The summed E-state index contributed by atoms with van der Waals surface area (Å²) < 4.78 is 36.1. The van der Waals surface area contributed by atoms with Crippen molar-refractivity contribution >= 4 is 8.60 Å². The lowest BCUT2D eigenvalue weighted by atomic mass is 10.2. The molecular weight excluding hydrogens is 487 g/mol. The van der Waals surface area contributed by atoms with Crippen molar-refractivity contribution in [3.05, 3.63) is 72.8 Å². The Morgan fingerprint density at radius 1 is 0.351 bits per heavy atom. The Labute approximate surface area is 222 Å². The molecule has 0 saturated heterocycles. The first kappa shape index (κ1) is 28.5. The summed E-state index contributed by atoms with van der Waals surface area (Å²) in [7, 11) is -1.82. The fourth-order valence-corrected chi connectivity index (χ4v) is 4.07. The maximum Gasteiger partial charge on any atom is 0.530 e. The third kappa shape index (κ3) is 10.8. The highest BCUT2D eigenvalue weighted by Crippen LogP contribution is 2.43. The molecule has 0 aromatic heterocycles. The summed E-state index contributed by atoms with van der Waals surface area (Å²) in [6.07, 6.45) is 0. The zero-order chi connectivity index (χ0) is 27.3. The van der Waals surface area contributed by atoms with E-state index in [9.17, 15) is 0 Å². The van der Waals surface area contributed by atoms with Crippen LogP contribution in [-0.4, -0.2) is 16.8 Å². The van der Waals surface area contributed by atoms with E-state index in [2.05, 4.69) is 0 Å². The first-order valence-electron chi connectivity index (χ1n) is 12.3. The van der Waals surface area contributed by atoms with E-state index < -0.39 is 8.60 Å². The van der Waals surface area contributed by atoms with Crippen molar-refractivity contribution in [2.24, 2.45) is 0 Å². The van der Waals surface area contributed by atoms with Crippen LogP contribution in [0.1, 0.15) is 62.3 Å². The van der Waals surface area contributed by atoms with Gasteiger partial charge in [-0.25, -0.2) is 0 Å². The average Bonchev–Trinajstić information content (AvgIpc) is 2.75. The van der Waals surface area contributed by atoms with Crippen LogP contribution in [0, 0.1) is 0 Å². The highest BCUT2D eigenvalue weighted by molar-refractivity contribution is 7.43. The van der Waals surface area contributed by atoms with Crippen LogP contribution in [0.4, 0.5) is 0 Å². The molecule has 200 valence electrons. The molecule has 0 bridgehead atoms. The summed E-state index contributed by atoms with van der Waals surface area (Å²) >= 11 is 0. The van der Waals surface area contributed by atoms with Gasteiger partial charge in [-0.05, 0) is 135 Å². The van der Waals surface area contributed by atoms with Gasteiger partial charge in [0, 0.05) is 0 Å². The zero-order valence-corrected chi connectivity index (χ0v) is 24.2. The molecule has 0 unspecified atom stereocenters. The van der Waals surface area contributed by atoms with Gasteiger partial charge >= 0.3 is 8.60 Å². The van der Waals surface area contributed by atoms with Gasteiger partial charge in [0.1, 0.15) is 51.3 Å². The summed E-state index contributed by atoms with van der Waals surface area (Å²) in [5.41, 5.74) is -0.854. The molecule has 3 rings (SSSR count). The van der Waals surface area contributed by atoms with E-state index in [0.29, 0.717) is 17.2 Å². The second kappa shape index (κ2) is 11.5. The molecule has 0 N–H and O–H groups in total. The van der Waals surface area contributed by atoms with Crippen LogP contribution in [0.5, 0.6) is 34.5 Å². The van der Waals surface area contributed by atoms with Crippen LogP contribution in [0.15, 0.2) is 72.8 Å². The van der Waals surface area contributed by atoms with Crippen molar-refractivity contribution in [1.82, 2.24) is 0 Å². The fourth-order valence-electron chi connectivity index (χ4n) is 3.08. The summed E-state index contributed by atoms with van der Waals surface area (Å²) in [6.45, 7) is 18.1. The smallest absolute Gasteiger partial charge is 0.488 e. The monoisotopic (exact) mass is 526 g/mol. The van der Waals surface area contributed by atoms with Crippen LogP contribution in [0.3, 0.4) is 0 Å². The van der Waals surface area contributed by atoms with E-state index in [-0.39, 0.29) is 16.8 Å². The molecule has 0 radical (unpaired) electrons. The van der Waals surface area contributed by atoms with Gasteiger partial charge in [0.2, 0.25) is 0 Å². The Morgan fingerprint density at radius 2 is 0.541 bits per heavy atom. The quantitative estimate of drug-likeness (QED) is 0.259. The highest BCUT2D eigenvalue weighted by Gasteiger charge is 2.21. The summed E-state index contributed by atoms with van der Waals surface area (Å²) in [5, 5.41) is 0. The highest BCUT2D eigenvalue weighted by atomic mass is 31.2. The van der Waals surface area contributed by atoms with Gasteiger partial charge in [-0.3, -0.25) is 0 Å². The van der Waals surface area contributed by atoms with Gasteiger partial charge in [0.05, 0.1) is 0 Å². The van der Waals surface area contributed by atoms with E-state index in [1.165, 1.54) is 0 Å². The molecule has 0 spiro atoms. The molecule has 0 aliphatic rings. The summed E-state index contributed by atoms with van der Waals surface area (Å²) in [6, 6.07) is 22.2. The van der Waals surface area contributed by atoms with Crippen molar-refractivity contribution in [3.63, 3.8) is 0 Å². The van der Waals surface area contributed by atoms with Gasteiger partial charge in [0.25, 0.3) is 0 Å². The minimum atomic E-state index is -1.82. The number of benzene rings is 3. The molecule has 0 atom stereocenters. The first-order valence-corrected chi connectivity index (χ1v) is 13.4. The summed E-state index contributed by atoms with van der Waals surface area (Å²) in [4.78, 5) is 0. The predicted molar refractivity (Wildman–Crippen MR) is 149 cm³/mol. The van der Waals surface area contributed by atoms with Gasteiger partial charge in [0.15, 0.2) is 0 Å². The first-order chi connectivity index (χ1) is 17.1. The predicted octanol–water partition coefficient (Wildman–Crippen LogP) is 8.98. The van der Waals surface area contributed by atoms with Gasteiger partial charge in [-0.15, -0.1) is 0 Å². The van der Waals surface area contributed by atoms with E-state index in [4.69, 9.17) is 27.8 Å². The number of hydrogen-bond acceptors (Lipinski definition) is 6. The van der Waals surface area contributed by atoms with E-state index in [0.717, 1.165) is 17.2 Å². The molecule has 3 aromatic rings. The third-order valence-corrected chi connectivity index (χ3v) is 5.36. The molecule has 0 amide bonds. The molecule has 0 fully saturated rings. The third-order valence-electron chi connectivity index (χ3n) is 4.28. The lowest BCUT2D eigenvalue weighted by Crippen LogP contribution is -2.22. The molecule has 0 aliphatic carbocycles. The van der Waals surface area contributed by atoms with Crippen molar-refractivity contribution in [1.29, 1.82) is 0 Å². The second-order valence-electron chi connectivity index (χ2n) is 11.6. The van der Waals surface area contributed by atoms with Crippen molar-refractivity contribution in [2.45, 2.75) is 79.1 Å². The van der Waals surface area contributed by atoms with E-state index in [1.54, 1.807) is 0 Å². The van der Waals surface area contributed by atoms with Crippen molar-refractivity contribution in [2.75, 3.05) is 0 Å². The van der Waals surface area contributed by atoms with Crippen LogP contribution >= 0.6 is 8.60 Å². The Balaban J connectivity index is 1.76. The van der Waals surface area contributed by atoms with Crippen LogP contribution in [0.25, 0.3) is 0 Å². The maximum atomic E-state index is 6.13. The SMILES string of the molecule is CC(C)(C)Oc1ccc(OP(Oc2ccc(OC(C)(C)C)cc2)Oc2ccc(OC(C)(C)C)cc2)cc1. The molecule has 0 heterocycles. The average molecular weight is 527 g/mol. The minimum absolute atomic E-state index is 0.285. The molecule has 0 saturated carbocycles. The van der Waals surface area contributed by atoms with Crippen LogP contribution in [0.2, 0.25) is 0 Å². The second-order valence-corrected chi connectivity index (χ2v) is 12.5. The number of ether oxygens (including phenoxy) is 3. The lowest BCUT2D eigenvalue weighted by molar-refractivity contribution is 0.130. The normalized spacial score (nSPS) is 12.2. The van der Waals surface area contributed by atoms with Crippen molar-refractivity contribution in [3.8, 4) is 34.5 Å². The molecular formula is C30H39O6P. The van der Waals surface area contributed by atoms with Crippen LogP contribution in [-0.2, 0) is 0 Å². The standard InChI is InChI=1S/C30H39O6P/c1-28(2,3)31-22-10-16-25(17-11-22)34-37(35-26-18-12-23(13-19-26)32-29(4,5)6)36-27-20-14-24(15-21-27)33-30(7,8)9/h10-21H,1-9H3. The van der Waals surface area contributed by atoms with Crippen molar-refractivity contribution < 1.29 is 27.8 Å². The number of hydrogen-bond donors (Lipinski definition) is 0. The lowest BCUT2D eigenvalue weighted by Gasteiger charge is -2.23. The van der Waals surface area contributed by atoms with Gasteiger partial charge in [-0.2, -0.15) is 0 Å². The summed E-state index contributed by atoms with van der Waals surface area (Å²) in [5.74, 6) is 4.09. The fraction of sp³-hybridized carbons (Fsp3) is 0.400. The Kier molecular flexibility index (Phi) is 8.86. The van der Waals surface area contributed by atoms with E-state index >= 15 is 0 Å².